The van der Waals surface area contributed by atoms with Crippen molar-refractivity contribution >= 4 is 90.1 Å². The molecule has 0 fully saturated rings. The molecule has 2 aromatic carbocycles. The average Bonchev–Trinajstić information content (AvgIpc) is 2.25. The monoisotopic (exact) mass is 368 g/mol. The molecule has 0 amide bonds. The summed E-state index contributed by atoms with van der Waals surface area (Å²) in [4.78, 5) is -1.37. The Bertz CT molecular complexity index is 849. The molecule has 0 aliphatic heterocycles. The summed E-state index contributed by atoms with van der Waals surface area (Å²) < 4.78 is 61.8. The second kappa shape index (κ2) is 7.34. The van der Waals surface area contributed by atoms with Gasteiger partial charge in [0, 0.05) is 12.1 Å². The van der Waals surface area contributed by atoms with Gasteiger partial charge in [-0.3, -0.25) is 9.11 Å². The standard InChI is InChI=1S/C10H8O8S2.2Na.2H/c11-8-3-6(19(13,14)15)1-5-2-7(20(16,17)18)4-9(12)10(5)8;;;;/h1-4,11-12H,(H,13,14,15)(H,16,17,18);;;;. The molecule has 0 saturated carbocycles. The first-order valence-electron chi connectivity index (χ1n) is 4.95. The molecule has 0 spiro atoms. The Hall–Kier alpha value is 0.120. The molecule has 0 atom stereocenters. The Morgan fingerprint density at radius 3 is 1.27 bits per heavy atom. The zero-order chi connectivity index (χ0) is 15.3. The number of hydrogen-bond donors (Lipinski definition) is 4. The maximum atomic E-state index is 11.0. The van der Waals surface area contributed by atoms with Crippen molar-refractivity contribution in [3.05, 3.63) is 24.3 Å². The van der Waals surface area contributed by atoms with E-state index in [-0.39, 0.29) is 69.9 Å². The SMILES string of the molecule is O=S(=O)(O)c1cc(O)c2c(O)cc(S(=O)(=O)O)cc2c1.[NaH].[NaH]. The molecule has 0 radical (unpaired) electrons. The van der Waals surface area contributed by atoms with Crippen molar-refractivity contribution in [1.82, 2.24) is 0 Å². The van der Waals surface area contributed by atoms with Crippen LogP contribution in [0.4, 0.5) is 0 Å². The van der Waals surface area contributed by atoms with E-state index in [1.54, 1.807) is 0 Å². The number of fused-ring (bicyclic) bond motifs is 1. The molecule has 0 aromatic heterocycles. The number of aromatic hydroxyl groups is 2. The fourth-order valence-electron chi connectivity index (χ4n) is 1.71. The molecule has 2 rings (SSSR count). The van der Waals surface area contributed by atoms with Crippen molar-refractivity contribution < 1.29 is 36.2 Å². The normalized spacial score (nSPS) is 11.5. The first-order valence-corrected chi connectivity index (χ1v) is 7.83. The second-order valence-electron chi connectivity index (χ2n) is 3.93. The van der Waals surface area contributed by atoms with Crippen molar-refractivity contribution in [3.63, 3.8) is 0 Å². The van der Waals surface area contributed by atoms with Gasteiger partial charge in [-0.1, -0.05) is 0 Å². The van der Waals surface area contributed by atoms with Crippen LogP contribution in [0.1, 0.15) is 0 Å². The third-order valence-electron chi connectivity index (χ3n) is 2.55. The summed E-state index contributed by atoms with van der Waals surface area (Å²) in [5.74, 6) is -1.34. The van der Waals surface area contributed by atoms with Crippen LogP contribution in [-0.4, -0.2) is 95.3 Å². The Kier molecular flexibility index (Phi) is 7.38. The van der Waals surface area contributed by atoms with Crippen LogP contribution in [0.2, 0.25) is 0 Å². The maximum absolute atomic E-state index is 11.0. The van der Waals surface area contributed by atoms with E-state index in [1.165, 1.54) is 0 Å². The third kappa shape index (κ3) is 4.57. The fraction of sp³-hybridized carbons (Fsp3) is 0. The number of phenolic OH excluding ortho intramolecular Hbond substituents is 2. The van der Waals surface area contributed by atoms with E-state index in [0.29, 0.717) is 12.1 Å². The molecule has 0 unspecified atom stereocenters. The predicted octanol–water partition coefficient (Wildman–Crippen LogP) is -0.553. The van der Waals surface area contributed by atoms with Gasteiger partial charge in [-0.2, -0.15) is 16.8 Å². The van der Waals surface area contributed by atoms with E-state index in [9.17, 15) is 27.0 Å². The number of rotatable bonds is 2. The summed E-state index contributed by atoms with van der Waals surface area (Å²) in [6.07, 6.45) is 0. The first-order chi connectivity index (χ1) is 9.00. The van der Waals surface area contributed by atoms with E-state index in [1.807, 2.05) is 0 Å². The van der Waals surface area contributed by atoms with Gasteiger partial charge in [-0.25, -0.2) is 0 Å². The summed E-state index contributed by atoms with van der Waals surface area (Å²) in [5, 5.41) is 18.9. The minimum absolute atomic E-state index is 0. The van der Waals surface area contributed by atoms with Crippen LogP contribution in [-0.2, 0) is 20.2 Å². The molecule has 0 aliphatic carbocycles. The molecule has 0 saturated heterocycles. The minimum atomic E-state index is -4.63. The van der Waals surface area contributed by atoms with Gasteiger partial charge in [-0.15, -0.1) is 0 Å². The summed E-state index contributed by atoms with van der Waals surface area (Å²) in [5.41, 5.74) is 0. The van der Waals surface area contributed by atoms with Crippen LogP contribution < -0.4 is 0 Å². The zero-order valence-corrected chi connectivity index (χ0v) is 11.2. The molecule has 4 N–H and O–H groups in total. The number of hydrogen-bond acceptors (Lipinski definition) is 6. The Balaban J connectivity index is 0.00000220. The van der Waals surface area contributed by atoms with Crippen LogP contribution >= 0.6 is 0 Å². The van der Waals surface area contributed by atoms with Crippen LogP contribution in [0, 0.1) is 0 Å². The quantitative estimate of drug-likeness (QED) is 0.407. The Labute approximate surface area is 170 Å². The fourth-order valence-corrected chi connectivity index (χ4v) is 2.79. The van der Waals surface area contributed by atoms with Gasteiger partial charge in [0.25, 0.3) is 20.2 Å². The molecule has 0 heterocycles. The topological polar surface area (TPSA) is 149 Å². The van der Waals surface area contributed by atoms with Crippen LogP contribution in [0.3, 0.4) is 0 Å². The van der Waals surface area contributed by atoms with Crippen molar-refractivity contribution in [3.8, 4) is 11.5 Å². The Morgan fingerprint density at radius 1 is 0.682 bits per heavy atom. The molecule has 12 heteroatoms. The van der Waals surface area contributed by atoms with Gasteiger partial charge >= 0.3 is 59.1 Å². The summed E-state index contributed by atoms with van der Waals surface area (Å²) >= 11 is 0. The van der Waals surface area contributed by atoms with Crippen LogP contribution in [0.25, 0.3) is 10.8 Å². The molecule has 8 nitrogen and oxygen atoms in total. The molecule has 22 heavy (non-hydrogen) atoms. The summed E-state index contributed by atoms with van der Waals surface area (Å²) in [6, 6.07) is 3.09. The Morgan fingerprint density at radius 2 is 1.00 bits per heavy atom. The van der Waals surface area contributed by atoms with Crippen molar-refractivity contribution in [2.75, 3.05) is 0 Å². The van der Waals surface area contributed by atoms with Gasteiger partial charge in [0.05, 0.1) is 15.2 Å². The summed E-state index contributed by atoms with van der Waals surface area (Å²) in [7, 11) is -9.26. The molecule has 0 aliphatic rings. The zero-order valence-electron chi connectivity index (χ0n) is 9.55. The van der Waals surface area contributed by atoms with Gasteiger partial charge in [0.2, 0.25) is 0 Å². The van der Waals surface area contributed by atoms with Crippen LogP contribution in [0.5, 0.6) is 11.5 Å². The van der Waals surface area contributed by atoms with Gasteiger partial charge < -0.3 is 10.2 Å². The van der Waals surface area contributed by atoms with E-state index in [4.69, 9.17) is 9.11 Å². The van der Waals surface area contributed by atoms with Gasteiger partial charge in [-0.05, 0) is 17.5 Å². The van der Waals surface area contributed by atoms with E-state index >= 15 is 0 Å². The predicted molar refractivity (Wildman–Crippen MR) is 81.2 cm³/mol. The third-order valence-corrected chi connectivity index (χ3v) is 4.21. The van der Waals surface area contributed by atoms with E-state index < -0.39 is 41.5 Å². The van der Waals surface area contributed by atoms with Gasteiger partial charge in [0.15, 0.2) is 0 Å². The average molecular weight is 368 g/mol. The molecule has 112 valence electrons. The number of benzene rings is 2. The molecular weight excluding hydrogens is 358 g/mol. The van der Waals surface area contributed by atoms with Crippen molar-refractivity contribution in [2.24, 2.45) is 0 Å². The summed E-state index contributed by atoms with van der Waals surface area (Å²) in [6.45, 7) is 0. The van der Waals surface area contributed by atoms with Crippen LogP contribution in [0.15, 0.2) is 34.1 Å². The second-order valence-corrected chi connectivity index (χ2v) is 6.78. The number of phenols is 2. The van der Waals surface area contributed by atoms with Crippen molar-refractivity contribution in [2.45, 2.75) is 9.79 Å². The van der Waals surface area contributed by atoms with E-state index in [2.05, 4.69) is 0 Å². The molecule has 0 bridgehead atoms. The first kappa shape index (κ1) is 22.1. The van der Waals surface area contributed by atoms with E-state index in [0.717, 1.165) is 12.1 Å². The van der Waals surface area contributed by atoms with Gasteiger partial charge in [0.1, 0.15) is 11.5 Å². The van der Waals surface area contributed by atoms with Crippen molar-refractivity contribution in [1.29, 1.82) is 0 Å². The molecule has 2 aromatic rings. The molecular formula is C10H10Na2O8S2.